The lowest BCUT2D eigenvalue weighted by Crippen LogP contribution is -2.20. The van der Waals surface area contributed by atoms with Crippen LogP contribution in [0.5, 0.6) is 0 Å². The molecule has 5 heteroatoms. The van der Waals surface area contributed by atoms with Crippen molar-refractivity contribution in [2.75, 3.05) is 0 Å². The lowest BCUT2D eigenvalue weighted by Gasteiger charge is -1.91. The number of hydrazine groups is 1. The standard InChI is InChI=1S/C4H8N4S/c1-3-4(2-6-5)9-8-7-3/h6H,2,5H2,1H3. The highest BCUT2D eigenvalue weighted by atomic mass is 32.1. The van der Waals surface area contributed by atoms with Crippen molar-refractivity contribution in [1.82, 2.24) is 15.0 Å². The summed E-state index contributed by atoms with van der Waals surface area (Å²) in [5.41, 5.74) is 3.50. The minimum atomic E-state index is 0.656. The number of hydrogen-bond acceptors (Lipinski definition) is 5. The summed E-state index contributed by atoms with van der Waals surface area (Å²) in [6.07, 6.45) is 0. The zero-order valence-electron chi connectivity index (χ0n) is 5.09. The van der Waals surface area contributed by atoms with E-state index in [9.17, 15) is 0 Å². The van der Waals surface area contributed by atoms with Crippen molar-refractivity contribution < 1.29 is 0 Å². The molecule has 1 aromatic rings. The van der Waals surface area contributed by atoms with Crippen LogP contribution < -0.4 is 11.3 Å². The van der Waals surface area contributed by atoms with Crippen LogP contribution >= 0.6 is 11.5 Å². The topological polar surface area (TPSA) is 63.8 Å². The minimum Gasteiger partial charge on any atom is -0.271 e. The summed E-state index contributed by atoms with van der Waals surface area (Å²) in [5, 5.41) is 3.81. The molecule has 0 fully saturated rings. The number of nitrogens with zero attached hydrogens (tertiary/aromatic N) is 2. The molecule has 0 saturated heterocycles. The maximum atomic E-state index is 5.09. The molecule has 3 N–H and O–H groups in total. The lowest BCUT2D eigenvalue weighted by atomic mass is 10.4. The molecule has 0 radical (unpaired) electrons. The number of rotatable bonds is 2. The van der Waals surface area contributed by atoms with Gasteiger partial charge in [-0.25, -0.2) is 0 Å². The van der Waals surface area contributed by atoms with E-state index in [0.717, 1.165) is 10.6 Å². The summed E-state index contributed by atoms with van der Waals surface area (Å²) in [4.78, 5) is 1.09. The number of nitrogens with two attached hydrogens (primary N) is 1. The number of aryl methyl sites for hydroxylation is 1. The van der Waals surface area contributed by atoms with Crippen molar-refractivity contribution in [3.8, 4) is 0 Å². The monoisotopic (exact) mass is 144 g/mol. The highest BCUT2D eigenvalue weighted by Gasteiger charge is 1.98. The van der Waals surface area contributed by atoms with Crippen LogP contribution in [0.4, 0.5) is 0 Å². The van der Waals surface area contributed by atoms with Crippen LogP contribution in [0.3, 0.4) is 0 Å². The molecule has 50 valence electrons. The predicted octanol–water partition coefficient (Wildman–Crippen LogP) is -0.190. The van der Waals surface area contributed by atoms with Gasteiger partial charge in [-0.2, -0.15) is 0 Å². The molecule has 0 amide bonds. The first-order valence-electron chi connectivity index (χ1n) is 2.56. The number of nitrogens with one attached hydrogen (secondary N) is 1. The Kier molecular flexibility index (Phi) is 2.10. The van der Waals surface area contributed by atoms with E-state index < -0.39 is 0 Å². The Hall–Kier alpha value is -0.520. The molecule has 0 aliphatic heterocycles. The van der Waals surface area contributed by atoms with Crippen molar-refractivity contribution >= 4 is 11.5 Å². The van der Waals surface area contributed by atoms with E-state index in [4.69, 9.17) is 5.84 Å². The lowest BCUT2D eigenvalue weighted by molar-refractivity contribution is 0.745. The second kappa shape index (κ2) is 2.86. The molecule has 4 nitrogen and oxygen atoms in total. The van der Waals surface area contributed by atoms with Gasteiger partial charge in [-0.15, -0.1) is 5.10 Å². The average Bonchev–Trinajstić information content (AvgIpc) is 2.18. The Morgan fingerprint density at radius 1 is 1.78 bits per heavy atom. The maximum Gasteiger partial charge on any atom is 0.0770 e. The molecular formula is C4H8N4S. The van der Waals surface area contributed by atoms with Gasteiger partial charge in [-0.3, -0.25) is 11.3 Å². The third-order valence-corrected chi connectivity index (χ3v) is 1.83. The van der Waals surface area contributed by atoms with Crippen LogP contribution in [0.2, 0.25) is 0 Å². The van der Waals surface area contributed by atoms with Gasteiger partial charge in [0.2, 0.25) is 0 Å². The molecule has 0 aliphatic carbocycles. The van der Waals surface area contributed by atoms with Gasteiger partial charge in [0.25, 0.3) is 0 Å². The minimum absolute atomic E-state index is 0.656. The normalized spacial score (nSPS) is 10.0. The fraction of sp³-hybridized carbons (Fsp3) is 0.500. The van der Waals surface area contributed by atoms with Crippen molar-refractivity contribution in [3.63, 3.8) is 0 Å². The Morgan fingerprint density at radius 2 is 2.56 bits per heavy atom. The van der Waals surface area contributed by atoms with E-state index in [0.29, 0.717) is 6.54 Å². The second-order valence-electron chi connectivity index (χ2n) is 1.66. The first-order chi connectivity index (χ1) is 4.34. The largest absolute Gasteiger partial charge is 0.271 e. The highest BCUT2D eigenvalue weighted by molar-refractivity contribution is 7.05. The SMILES string of the molecule is Cc1nnsc1CNN. The van der Waals surface area contributed by atoms with E-state index in [-0.39, 0.29) is 0 Å². The summed E-state index contributed by atoms with van der Waals surface area (Å²) in [5.74, 6) is 5.09. The van der Waals surface area contributed by atoms with Crippen molar-refractivity contribution in [2.24, 2.45) is 5.84 Å². The smallest absolute Gasteiger partial charge is 0.0770 e. The Bertz CT molecular complexity index is 184. The van der Waals surface area contributed by atoms with Gasteiger partial charge >= 0.3 is 0 Å². The second-order valence-corrected chi connectivity index (χ2v) is 2.50. The summed E-state index contributed by atoms with van der Waals surface area (Å²) in [6, 6.07) is 0. The quantitative estimate of drug-likeness (QED) is 0.446. The Morgan fingerprint density at radius 3 is 3.00 bits per heavy atom. The molecule has 9 heavy (non-hydrogen) atoms. The summed E-state index contributed by atoms with van der Waals surface area (Å²) < 4.78 is 3.74. The van der Waals surface area contributed by atoms with Crippen LogP contribution in [0, 0.1) is 6.92 Å². The number of aromatic nitrogens is 2. The maximum absolute atomic E-state index is 5.09. The molecule has 1 aromatic heterocycles. The highest BCUT2D eigenvalue weighted by Crippen LogP contribution is 2.06. The molecular weight excluding hydrogens is 136 g/mol. The average molecular weight is 144 g/mol. The first kappa shape index (κ1) is 6.60. The molecule has 0 aromatic carbocycles. The third-order valence-electron chi connectivity index (χ3n) is 1.01. The van der Waals surface area contributed by atoms with Crippen LogP contribution in [0.15, 0.2) is 0 Å². The molecule has 0 bridgehead atoms. The Balaban J connectivity index is 2.69. The zero-order valence-corrected chi connectivity index (χ0v) is 5.90. The molecule has 0 atom stereocenters. The van der Waals surface area contributed by atoms with Crippen molar-refractivity contribution in [2.45, 2.75) is 13.5 Å². The first-order valence-corrected chi connectivity index (χ1v) is 3.33. The van der Waals surface area contributed by atoms with Crippen molar-refractivity contribution in [3.05, 3.63) is 10.6 Å². The van der Waals surface area contributed by atoms with Gasteiger partial charge in [-0.05, 0) is 18.5 Å². The van der Waals surface area contributed by atoms with E-state index >= 15 is 0 Å². The van der Waals surface area contributed by atoms with Crippen LogP contribution in [-0.4, -0.2) is 9.59 Å². The summed E-state index contributed by atoms with van der Waals surface area (Å²) >= 11 is 1.37. The van der Waals surface area contributed by atoms with Crippen molar-refractivity contribution in [1.29, 1.82) is 0 Å². The zero-order chi connectivity index (χ0) is 6.69. The van der Waals surface area contributed by atoms with Gasteiger partial charge in [-0.1, -0.05) is 4.49 Å². The van der Waals surface area contributed by atoms with Gasteiger partial charge in [0.15, 0.2) is 0 Å². The molecule has 0 aliphatic rings. The van der Waals surface area contributed by atoms with E-state index in [1.807, 2.05) is 6.92 Å². The van der Waals surface area contributed by atoms with Gasteiger partial charge in [0.1, 0.15) is 0 Å². The molecule has 0 unspecified atom stereocenters. The number of hydrogen-bond donors (Lipinski definition) is 2. The van der Waals surface area contributed by atoms with Crippen LogP contribution in [0.25, 0.3) is 0 Å². The Labute approximate surface area is 57.2 Å². The van der Waals surface area contributed by atoms with E-state index in [2.05, 4.69) is 15.0 Å². The molecule has 0 saturated carbocycles. The molecule has 0 spiro atoms. The van der Waals surface area contributed by atoms with Gasteiger partial charge in [0.05, 0.1) is 10.6 Å². The van der Waals surface area contributed by atoms with Gasteiger partial charge in [0, 0.05) is 6.54 Å². The van der Waals surface area contributed by atoms with Gasteiger partial charge < -0.3 is 0 Å². The fourth-order valence-corrected chi connectivity index (χ4v) is 1.09. The summed E-state index contributed by atoms with van der Waals surface area (Å²) in [7, 11) is 0. The van der Waals surface area contributed by atoms with E-state index in [1.54, 1.807) is 0 Å². The van der Waals surface area contributed by atoms with E-state index in [1.165, 1.54) is 11.5 Å². The molecule has 1 heterocycles. The fourth-order valence-electron chi connectivity index (χ4n) is 0.506. The summed E-state index contributed by atoms with van der Waals surface area (Å²) in [6.45, 7) is 2.57. The van der Waals surface area contributed by atoms with Crippen LogP contribution in [0.1, 0.15) is 10.6 Å². The van der Waals surface area contributed by atoms with Crippen LogP contribution in [-0.2, 0) is 6.54 Å². The third kappa shape index (κ3) is 1.44. The molecule has 1 rings (SSSR count). The predicted molar refractivity (Wildman–Crippen MR) is 35.7 cm³/mol.